The van der Waals surface area contributed by atoms with Crippen molar-refractivity contribution in [1.29, 1.82) is 0 Å². The van der Waals surface area contributed by atoms with E-state index in [1.807, 2.05) is 0 Å². The lowest BCUT2D eigenvalue weighted by molar-refractivity contribution is -0.135. The predicted molar refractivity (Wildman–Crippen MR) is 68.3 cm³/mol. The zero-order chi connectivity index (χ0) is 13.0. The third-order valence-electron chi connectivity index (χ3n) is 2.18. The molecule has 0 aliphatic rings. The summed E-state index contributed by atoms with van der Waals surface area (Å²) < 4.78 is 6.17. The van der Waals surface area contributed by atoms with Gasteiger partial charge in [0.2, 0.25) is 0 Å². The number of likely N-dealkylation sites (N-methyl/N-ethyl adjacent to an activating group) is 1. The number of hydrogen-bond donors (Lipinski definition) is 0. The predicted octanol–water partition coefficient (Wildman–Crippen LogP) is 2.12. The van der Waals surface area contributed by atoms with Crippen LogP contribution in [0.15, 0.2) is 22.7 Å². The minimum atomic E-state index is -0.566. The summed E-state index contributed by atoms with van der Waals surface area (Å²) in [5.41, 5.74) is 0.552. The first kappa shape index (κ1) is 13.7. The molecule has 1 aromatic carbocycles. The number of amides is 1. The molecule has 0 aromatic heterocycles. The van der Waals surface area contributed by atoms with Crippen LogP contribution in [0.25, 0.3) is 0 Å². The fraction of sp³-hybridized carbons (Fsp3) is 0.333. The maximum atomic E-state index is 11.6. The van der Waals surface area contributed by atoms with E-state index >= 15 is 0 Å². The van der Waals surface area contributed by atoms with Gasteiger partial charge in [0.15, 0.2) is 6.10 Å². The van der Waals surface area contributed by atoms with Gasteiger partial charge in [-0.05, 0) is 41.1 Å². The Morgan fingerprint density at radius 1 is 1.47 bits per heavy atom. The van der Waals surface area contributed by atoms with Gasteiger partial charge in [-0.3, -0.25) is 9.59 Å². The zero-order valence-corrected chi connectivity index (χ0v) is 11.5. The largest absolute Gasteiger partial charge is 0.480 e. The smallest absolute Gasteiger partial charge is 0.262 e. The summed E-state index contributed by atoms with van der Waals surface area (Å²) in [6, 6.07) is 4.95. The molecule has 0 heterocycles. The van der Waals surface area contributed by atoms with E-state index < -0.39 is 6.10 Å². The van der Waals surface area contributed by atoms with Crippen LogP contribution in [-0.2, 0) is 4.79 Å². The summed E-state index contributed by atoms with van der Waals surface area (Å²) >= 11 is 3.29. The van der Waals surface area contributed by atoms with Crippen molar-refractivity contribution in [3.05, 3.63) is 28.2 Å². The highest BCUT2D eigenvalue weighted by Gasteiger charge is 2.17. The molecule has 0 aliphatic carbocycles. The van der Waals surface area contributed by atoms with E-state index in [0.29, 0.717) is 15.8 Å². The Morgan fingerprint density at radius 3 is 2.59 bits per heavy atom. The summed E-state index contributed by atoms with van der Waals surface area (Å²) in [4.78, 5) is 23.6. The van der Waals surface area contributed by atoms with Crippen LogP contribution < -0.4 is 4.74 Å². The minimum Gasteiger partial charge on any atom is -0.480 e. The molecule has 1 amide bonds. The molecule has 0 saturated carbocycles. The lowest BCUT2D eigenvalue weighted by Crippen LogP contribution is -2.35. The van der Waals surface area contributed by atoms with Gasteiger partial charge in [-0.1, -0.05) is 0 Å². The highest BCUT2D eigenvalue weighted by molar-refractivity contribution is 9.10. The van der Waals surface area contributed by atoms with Gasteiger partial charge in [0.1, 0.15) is 12.0 Å². The number of benzene rings is 1. The van der Waals surface area contributed by atoms with E-state index in [1.165, 1.54) is 4.90 Å². The minimum absolute atomic E-state index is 0.114. The first-order valence-electron chi connectivity index (χ1n) is 5.08. The molecule has 0 fully saturated rings. The number of hydrogen-bond acceptors (Lipinski definition) is 3. The van der Waals surface area contributed by atoms with E-state index in [9.17, 15) is 9.59 Å². The van der Waals surface area contributed by atoms with Crippen LogP contribution in [0.3, 0.4) is 0 Å². The van der Waals surface area contributed by atoms with Crippen molar-refractivity contribution in [2.45, 2.75) is 13.0 Å². The van der Waals surface area contributed by atoms with E-state index in [2.05, 4.69) is 15.9 Å². The summed E-state index contributed by atoms with van der Waals surface area (Å²) in [5.74, 6) is 0.426. The first-order valence-corrected chi connectivity index (χ1v) is 5.87. The SMILES string of the molecule is CC(Oc1ccc(C=O)cc1Br)C(=O)N(C)C. The molecular formula is C12H14BrNO3. The third kappa shape index (κ3) is 3.56. The van der Waals surface area contributed by atoms with E-state index in [-0.39, 0.29) is 5.91 Å². The van der Waals surface area contributed by atoms with Gasteiger partial charge in [-0.15, -0.1) is 0 Å². The van der Waals surface area contributed by atoms with Gasteiger partial charge in [-0.25, -0.2) is 0 Å². The first-order chi connectivity index (χ1) is 7.95. The maximum Gasteiger partial charge on any atom is 0.262 e. The van der Waals surface area contributed by atoms with E-state index in [1.54, 1.807) is 39.2 Å². The van der Waals surface area contributed by atoms with Crippen molar-refractivity contribution in [3.63, 3.8) is 0 Å². The maximum absolute atomic E-state index is 11.6. The van der Waals surface area contributed by atoms with Crippen LogP contribution in [0.4, 0.5) is 0 Å². The van der Waals surface area contributed by atoms with Crippen molar-refractivity contribution >= 4 is 28.1 Å². The molecule has 1 rings (SSSR count). The Balaban J connectivity index is 2.82. The Bertz CT molecular complexity index is 432. The quantitative estimate of drug-likeness (QED) is 0.800. The second-order valence-electron chi connectivity index (χ2n) is 3.80. The highest BCUT2D eigenvalue weighted by atomic mass is 79.9. The monoisotopic (exact) mass is 299 g/mol. The molecule has 17 heavy (non-hydrogen) atoms. The van der Waals surface area contributed by atoms with Gasteiger partial charge in [0.25, 0.3) is 5.91 Å². The van der Waals surface area contributed by atoms with Crippen LogP contribution in [-0.4, -0.2) is 37.3 Å². The van der Waals surface area contributed by atoms with Gasteiger partial charge >= 0.3 is 0 Å². The van der Waals surface area contributed by atoms with Crippen LogP contribution in [0.2, 0.25) is 0 Å². The zero-order valence-electron chi connectivity index (χ0n) is 9.94. The Hall–Kier alpha value is -1.36. The molecule has 1 atom stereocenters. The van der Waals surface area contributed by atoms with Crippen LogP contribution in [0.1, 0.15) is 17.3 Å². The van der Waals surface area contributed by atoms with E-state index in [0.717, 1.165) is 6.29 Å². The standard InChI is InChI=1S/C12H14BrNO3/c1-8(12(16)14(2)3)17-11-5-4-9(7-15)6-10(11)13/h4-8H,1-3H3. The highest BCUT2D eigenvalue weighted by Crippen LogP contribution is 2.26. The number of carbonyl (C=O) groups is 2. The molecular weight excluding hydrogens is 286 g/mol. The molecule has 1 aromatic rings. The second-order valence-corrected chi connectivity index (χ2v) is 4.65. The molecule has 1 unspecified atom stereocenters. The molecule has 0 spiro atoms. The normalized spacial score (nSPS) is 11.8. The molecule has 92 valence electrons. The molecule has 4 nitrogen and oxygen atoms in total. The fourth-order valence-electron chi connectivity index (χ4n) is 1.29. The number of halogens is 1. The average molecular weight is 300 g/mol. The van der Waals surface area contributed by atoms with Crippen molar-refractivity contribution in [3.8, 4) is 5.75 Å². The average Bonchev–Trinajstić information content (AvgIpc) is 2.30. The van der Waals surface area contributed by atoms with Crippen molar-refractivity contribution in [1.82, 2.24) is 4.90 Å². The Labute approximate surface area is 109 Å². The summed E-state index contributed by atoms with van der Waals surface area (Å²) in [5, 5.41) is 0. The van der Waals surface area contributed by atoms with Gasteiger partial charge in [0.05, 0.1) is 4.47 Å². The second kappa shape index (κ2) is 5.82. The topological polar surface area (TPSA) is 46.6 Å². The summed E-state index contributed by atoms with van der Waals surface area (Å²) in [6.07, 6.45) is 0.187. The van der Waals surface area contributed by atoms with Gasteiger partial charge in [0, 0.05) is 19.7 Å². The van der Waals surface area contributed by atoms with Crippen LogP contribution in [0, 0.1) is 0 Å². The van der Waals surface area contributed by atoms with Crippen LogP contribution >= 0.6 is 15.9 Å². The lowest BCUT2D eigenvalue weighted by atomic mass is 10.2. The molecule has 0 bridgehead atoms. The summed E-state index contributed by atoms with van der Waals surface area (Å²) in [6.45, 7) is 1.68. The number of rotatable bonds is 4. The molecule has 0 radical (unpaired) electrons. The van der Waals surface area contributed by atoms with Crippen LogP contribution in [0.5, 0.6) is 5.75 Å². The lowest BCUT2D eigenvalue weighted by Gasteiger charge is -2.19. The fourth-order valence-corrected chi connectivity index (χ4v) is 1.78. The van der Waals surface area contributed by atoms with Crippen molar-refractivity contribution in [2.75, 3.05) is 14.1 Å². The number of nitrogens with zero attached hydrogens (tertiary/aromatic N) is 1. The third-order valence-corrected chi connectivity index (χ3v) is 2.80. The Morgan fingerprint density at radius 2 is 2.12 bits per heavy atom. The molecule has 0 aliphatic heterocycles. The molecule has 0 saturated heterocycles. The summed E-state index contributed by atoms with van der Waals surface area (Å²) in [7, 11) is 3.35. The molecule has 0 N–H and O–H groups in total. The number of ether oxygens (including phenoxy) is 1. The van der Waals surface area contributed by atoms with Gasteiger partial charge < -0.3 is 9.64 Å². The van der Waals surface area contributed by atoms with E-state index in [4.69, 9.17) is 4.74 Å². The number of aldehydes is 1. The molecule has 5 heteroatoms. The Kier molecular flexibility index (Phi) is 4.69. The van der Waals surface area contributed by atoms with Crippen molar-refractivity contribution < 1.29 is 14.3 Å². The van der Waals surface area contributed by atoms with Crippen molar-refractivity contribution in [2.24, 2.45) is 0 Å². The van der Waals surface area contributed by atoms with Gasteiger partial charge in [-0.2, -0.15) is 0 Å². The number of carbonyl (C=O) groups excluding carboxylic acids is 2.